The van der Waals surface area contributed by atoms with Crippen molar-refractivity contribution in [2.75, 3.05) is 37.6 Å². The van der Waals surface area contributed by atoms with Gasteiger partial charge in [-0.2, -0.15) is 0 Å². The quantitative estimate of drug-likeness (QED) is 0.853. The van der Waals surface area contributed by atoms with Crippen LogP contribution in [0.15, 0.2) is 42.6 Å². The highest BCUT2D eigenvalue weighted by Crippen LogP contribution is 2.37. The fourth-order valence-electron chi connectivity index (χ4n) is 4.04. The van der Waals surface area contributed by atoms with Gasteiger partial charge in [0.05, 0.1) is 11.9 Å². The lowest BCUT2D eigenvalue weighted by atomic mass is 10.1. The molecule has 3 heterocycles. The van der Waals surface area contributed by atoms with Gasteiger partial charge < -0.3 is 14.7 Å². The lowest BCUT2D eigenvalue weighted by molar-refractivity contribution is 0.0637. The van der Waals surface area contributed by atoms with Gasteiger partial charge in [-0.15, -0.1) is 0 Å². The highest BCUT2D eigenvalue weighted by atomic mass is 16.2. The Balaban J connectivity index is 1.50. The molecule has 1 atom stereocenters. The van der Waals surface area contributed by atoms with Crippen molar-refractivity contribution < 1.29 is 4.79 Å². The lowest BCUT2D eigenvalue weighted by Gasteiger charge is -2.33. The Hall–Kier alpha value is -2.40. The zero-order chi connectivity index (χ0) is 18.1. The molecular weight excluding hydrogens is 324 g/mol. The molecule has 0 saturated carbocycles. The molecule has 26 heavy (non-hydrogen) atoms. The predicted octanol–water partition coefficient (Wildman–Crippen LogP) is 2.94. The standard InChI is InChI=1S/C21H26N4O/c1-3-23-10-12-24(13-11-23)21(26)19-9-8-18(15-22-19)25-16(2)14-17-6-4-5-7-20(17)25/h4-9,15-16H,3,10-14H2,1-2H3. The number of pyridine rings is 1. The summed E-state index contributed by atoms with van der Waals surface area (Å²) in [5, 5.41) is 0. The summed E-state index contributed by atoms with van der Waals surface area (Å²) in [4.78, 5) is 23.8. The number of likely N-dealkylation sites (N-methyl/N-ethyl adjacent to an activating group) is 1. The number of piperazine rings is 1. The minimum atomic E-state index is 0.0437. The number of carbonyl (C=O) groups excluding carboxylic acids is 1. The van der Waals surface area contributed by atoms with E-state index < -0.39 is 0 Å². The molecule has 0 spiro atoms. The zero-order valence-corrected chi connectivity index (χ0v) is 15.6. The maximum absolute atomic E-state index is 12.7. The summed E-state index contributed by atoms with van der Waals surface area (Å²) in [6.45, 7) is 8.90. The number of hydrogen-bond acceptors (Lipinski definition) is 4. The summed E-state index contributed by atoms with van der Waals surface area (Å²) in [6, 6.07) is 12.8. The van der Waals surface area contributed by atoms with Crippen molar-refractivity contribution in [3.8, 4) is 0 Å². The molecule has 1 aromatic carbocycles. The number of rotatable bonds is 3. The van der Waals surface area contributed by atoms with Crippen LogP contribution >= 0.6 is 0 Å². The average Bonchev–Trinajstić information content (AvgIpc) is 3.03. The van der Waals surface area contributed by atoms with Crippen molar-refractivity contribution in [3.63, 3.8) is 0 Å². The average molecular weight is 350 g/mol. The third-order valence-corrected chi connectivity index (χ3v) is 5.56. The van der Waals surface area contributed by atoms with E-state index in [4.69, 9.17) is 0 Å². The summed E-state index contributed by atoms with van der Waals surface area (Å²) in [5.41, 5.74) is 4.21. The fraction of sp³-hybridized carbons (Fsp3) is 0.429. The molecule has 0 bridgehead atoms. The normalized spacial score (nSPS) is 20.3. The summed E-state index contributed by atoms with van der Waals surface area (Å²) in [5.74, 6) is 0.0437. The van der Waals surface area contributed by atoms with Crippen LogP contribution in [0.25, 0.3) is 0 Å². The Morgan fingerprint density at radius 1 is 1.12 bits per heavy atom. The number of benzene rings is 1. The molecule has 2 aliphatic heterocycles. The third kappa shape index (κ3) is 3.07. The van der Waals surface area contributed by atoms with Crippen LogP contribution in [0.2, 0.25) is 0 Å². The van der Waals surface area contributed by atoms with Crippen LogP contribution in [0.3, 0.4) is 0 Å². The van der Waals surface area contributed by atoms with Crippen molar-refractivity contribution >= 4 is 17.3 Å². The van der Waals surface area contributed by atoms with Crippen molar-refractivity contribution in [2.24, 2.45) is 0 Å². The molecule has 1 unspecified atom stereocenters. The molecule has 1 aromatic heterocycles. The van der Waals surface area contributed by atoms with Crippen molar-refractivity contribution in [3.05, 3.63) is 53.9 Å². The van der Waals surface area contributed by atoms with Crippen molar-refractivity contribution in [2.45, 2.75) is 26.3 Å². The van der Waals surface area contributed by atoms with E-state index >= 15 is 0 Å². The lowest BCUT2D eigenvalue weighted by Crippen LogP contribution is -2.48. The molecule has 0 N–H and O–H groups in total. The minimum Gasteiger partial charge on any atom is -0.337 e. The summed E-state index contributed by atoms with van der Waals surface area (Å²) >= 11 is 0. The maximum atomic E-state index is 12.7. The van der Waals surface area contributed by atoms with Crippen LogP contribution in [-0.4, -0.2) is 59.5 Å². The molecule has 136 valence electrons. The smallest absolute Gasteiger partial charge is 0.272 e. The largest absolute Gasteiger partial charge is 0.337 e. The van der Waals surface area contributed by atoms with Gasteiger partial charge in [0.2, 0.25) is 0 Å². The van der Waals surface area contributed by atoms with Gasteiger partial charge in [0.1, 0.15) is 5.69 Å². The van der Waals surface area contributed by atoms with Crippen LogP contribution in [0.5, 0.6) is 0 Å². The number of carbonyl (C=O) groups is 1. The second-order valence-electron chi connectivity index (χ2n) is 7.18. The van der Waals surface area contributed by atoms with Crippen LogP contribution in [0, 0.1) is 0 Å². The van der Waals surface area contributed by atoms with E-state index in [9.17, 15) is 4.79 Å². The minimum absolute atomic E-state index is 0.0437. The predicted molar refractivity (Wildman–Crippen MR) is 104 cm³/mol. The SMILES string of the molecule is CCN1CCN(C(=O)c2ccc(N3c4ccccc4CC3C)cn2)CC1. The van der Waals surface area contributed by atoms with E-state index in [1.54, 1.807) is 0 Å². The first kappa shape index (κ1) is 17.0. The van der Waals surface area contributed by atoms with Gasteiger partial charge in [-0.1, -0.05) is 25.1 Å². The topological polar surface area (TPSA) is 39.7 Å². The Kier molecular flexibility index (Phi) is 4.64. The molecule has 0 radical (unpaired) electrons. The second-order valence-corrected chi connectivity index (χ2v) is 7.18. The Labute approximate surface area is 155 Å². The number of anilines is 2. The molecule has 1 fully saturated rings. The molecule has 1 saturated heterocycles. The molecular formula is C21H26N4O. The van der Waals surface area contributed by atoms with Gasteiger partial charge in [-0.25, -0.2) is 4.98 Å². The summed E-state index contributed by atoms with van der Waals surface area (Å²) in [6.07, 6.45) is 2.88. The molecule has 2 aliphatic rings. The maximum Gasteiger partial charge on any atom is 0.272 e. The number of para-hydroxylation sites is 1. The van der Waals surface area contributed by atoms with Gasteiger partial charge in [-0.05, 0) is 43.7 Å². The van der Waals surface area contributed by atoms with E-state index in [1.165, 1.54) is 11.3 Å². The van der Waals surface area contributed by atoms with Gasteiger partial charge in [0.25, 0.3) is 5.91 Å². The molecule has 5 nitrogen and oxygen atoms in total. The van der Waals surface area contributed by atoms with Gasteiger partial charge in [-0.3, -0.25) is 4.79 Å². The Bertz CT molecular complexity index is 781. The highest BCUT2D eigenvalue weighted by molar-refractivity contribution is 5.92. The third-order valence-electron chi connectivity index (χ3n) is 5.56. The van der Waals surface area contributed by atoms with E-state index in [1.807, 2.05) is 23.2 Å². The molecule has 4 rings (SSSR count). The monoisotopic (exact) mass is 350 g/mol. The molecule has 2 aromatic rings. The second kappa shape index (κ2) is 7.08. The number of fused-ring (bicyclic) bond motifs is 1. The Morgan fingerprint density at radius 2 is 1.88 bits per heavy atom. The molecule has 0 aliphatic carbocycles. The number of nitrogens with zero attached hydrogens (tertiary/aromatic N) is 4. The van der Waals surface area contributed by atoms with Crippen molar-refractivity contribution in [1.82, 2.24) is 14.8 Å². The summed E-state index contributed by atoms with van der Waals surface area (Å²) in [7, 11) is 0. The first-order valence-corrected chi connectivity index (χ1v) is 9.52. The van der Waals surface area contributed by atoms with Crippen LogP contribution in [0.4, 0.5) is 11.4 Å². The number of aromatic nitrogens is 1. The van der Waals surface area contributed by atoms with Crippen molar-refractivity contribution in [1.29, 1.82) is 0 Å². The van der Waals surface area contributed by atoms with Crippen LogP contribution in [-0.2, 0) is 6.42 Å². The molecule has 1 amide bonds. The van der Waals surface area contributed by atoms with E-state index in [2.05, 4.69) is 52.9 Å². The van der Waals surface area contributed by atoms with E-state index in [0.717, 1.165) is 44.8 Å². The molecule has 5 heteroatoms. The first-order chi connectivity index (χ1) is 12.7. The zero-order valence-electron chi connectivity index (χ0n) is 15.6. The van der Waals surface area contributed by atoms with Gasteiger partial charge in [0, 0.05) is 37.9 Å². The van der Waals surface area contributed by atoms with Crippen LogP contribution in [0.1, 0.15) is 29.9 Å². The van der Waals surface area contributed by atoms with E-state index in [0.29, 0.717) is 11.7 Å². The van der Waals surface area contributed by atoms with Crippen LogP contribution < -0.4 is 4.90 Å². The van der Waals surface area contributed by atoms with Gasteiger partial charge in [0.15, 0.2) is 0 Å². The fourth-order valence-corrected chi connectivity index (χ4v) is 4.04. The Morgan fingerprint density at radius 3 is 2.58 bits per heavy atom. The highest BCUT2D eigenvalue weighted by Gasteiger charge is 2.27. The first-order valence-electron chi connectivity index (χ1n) is 9.52. The number of amides is 1. The van der Waals surface area contributed by atoms with E-state index in [-0.39, 0.29) is 5.91 Å². The summed E-state index contributed by atoms with van der Waals surface area (Å²) < 4.78 is 0. The van der Waals surface area contributed by atoms with Gasteiger partial charge >= 0.3 is 0 Å². The number of hydrogen-bond donors (Lipinski definition) is 0.